The lowest BCUT2D eigenvalue weighted by Gasteiger charge is -2.12. The number of hydrogen-bond acceptors (Lipinski definition) is 5. The first-order chi connectivity index (χ1) is 11.1. The summed E-state index contributed by atoms with van der Waals surface area (Å²) >= 11 is 0. The molecule has 1 heterocycles. The first kappa shape index (κ1) is 15.0. The van der Waals surface area contributed by atoms with Gasteiger partial charge in [-0.1, -0.05) is 24.3 Å². The standard InChI is InChI=1S/C18H17N3O2/c1-11-8-9-12(2)15(10-11)20-16-13-6-4-5-7-14(13)19-17(21-16)18(22)23-3/h4-10H,1-3H3,(H,19,20,21). The lowest BCUT2D eigenvalue weighted by Crippen LogP contribution is -2.10. The average molecular weight is 307 g/mol. The van der Waals surface area contributed by atoms with Gasteiger partial charge in [0, 0.05) is 11.1 Å². The Morgan fingerprint density at radius 1 is 1.09 bits per heavy atom. The molecular weight excluding hydrogens is 290 g/mol. The van der Waals surface area contributed by atoms with Crippen molar-refractivity contribution in [3.05, 3.63) is 59.4 Å². The second kappa shape index (κ2) is 6.04. The van der Waals surface area contributed by atoms with Crippen LogP contribution in [-0.2, 0) is 4.74 Å². The van der Waals surface area contributed by atoms with Crippen molar-refractivity contribution in [1.29, 1.82) is 0 Å². The van der Waals surface area contributed by atoms with E-state index in [1.807, 2.05) is 50.2 Å². The molecule has 5 nitrogen and oxygen atoms in total. The fourth-order valence-corrected chi connectivity index (χ4v) is 2.35. The molecule has 1 aromatic heterocycles. The molecule has 0 radical (unpaired) electrons. The molecule has 0 aliphatic carbocycles. The number of para-hydroxylation sites is 1. The third-order valence-corrected chi connectivity index (χ3v) is 3.62. The van der Waals surface area contributed by atoms with Crippen molar-refractivity contribution in [2.24, 2.45) is 0 Å². The topological polar surface area (TPSA) is 64.1 Å². The maximum atomic E-state index is 11.8. The van der Waals surface area contributed by atoms with Crippen molar-refractivity contribution in [3.8, 4) is 0 Å². The van der Waals surface area contributed by atoms with Crippen LogP contribution in [0.2, 0.25) is 0 Å². The number of nitrogens with zero attached hydrogens (tertiary/aromatic N) is 2. The molecule has 0 bridgehead atoms. The van der Waals surface area contributed by atoms with Crippen molar-refractivity contribution < 1.29 is 9.53 Å². The molecule has 0 aliphatic rings. The minimum absolute atomic E-state index is 0.0407. The van der Waals surface area contributed by atoms with Gasteiger partial charge in [0.15, 0.2) is 0 Å². The van der Waals surface area contributed by atoms with E-state index in [1.54, 1.807) is 0 Å². The zero-order valence-electron chi connectivity index (χ0n) is 13.3. The Kier molecular flexibility index (Phi) is 3.93. The molecule has 1 N–H and O–H groups in total. The Labute approximate surface area is 134 Å². The van der Waals surface area contributed by atoms with Gasteiger partial charge >= 0.3 is 5.97 Å². The zero-order chi connectivity index (χ0) is 16.4. The SMILES string of the molecule is COC(=O)c1nc(Nc2cc(C)ccc2C)c2ccccc2n1. The summed E-state index contributed by atoms with van der Waals surface area (Å²) in [5.41, 5.74) is 3.88. The number of anilines is 2. The summed E-state index contributed by atoms with van der Waals surface area (Å²) in [6.45, 7) is 4.05. The number of hydrogen-bond donors (Lipinski definition) is 1. The summed E-state index contributed by atoms with van der Waals surface area (Å²) in [6.07, 6.45) is 0. The van der Waals surface area contributed by atoms with Crippen LogP contribution in [0.25, 0.3) is 10.9 Å². The van der Waals surface area contributed by atoms with E-state index in [2.05, 4.69) is 21.4 Å². The van der Waals surface area contributed by atoms with Crippen LogP contribution in [0, 0.1) is 13.8 Å². The summed E-state index contributed by atoms with van der Waals surface area (Å²) in [5.74, 6) is 0.0727. The van der Waals surface area contributed by atoms with Crippen LogP contribution >= 0.6 is 0 Å². The Morgan fingerprint density at radius 2 is 1.87 bits per heavy atom. The molecule has 0 amide bonds. The van der Waals surface area contributed by atoms with Crippen LogP contribution in [0.5, 0.6) is 0 Å². The van der Waals surface area contributed by atoms with Gasteiger partial charge in [0.1, 0.15) is 5.82 Å². The molecule has 3 aromatic rings. The number of aryl methyl sites for hydroxylation is 2. The molecule has 2 aromatic carbocycles. The van der Waals surface area contributed by atoms with Crippen molar-refractivity contribution in [3.63, 3.8) is 0 Å². The first-order valence-electron chi connectivity index (χ1n) is 7.28. The number of rotatable bonds is 3. The third-order valence-electron chi connectivity index (χ3n) is 3.62. The second-order valence-corrected chi connectivity index (χ2v) is 5.35. The van der Waals surface area contributed by atoms with E-state index < -0.39 is 5.97 Å². The van der Waals surface area contributed by atoms with Gasteiger partial charge in [0.25, 0.3) is 0 Å². The molecule has 0 atom stereocenters. The van der Waals surface area contributed by atoms with Crippen LogP contribution in [-0.4, -0.2) is 23.0 Å². The van der Waals surface area contributed by atoms with Gasteiger partial charge < -0.3 is 10.1 Å². The minimum atomic E-state index is -0.556. The monoisotopic (exact) mass is 307 g/mol. The summed E-state index contributed by atoms with van der Waals surface area (Å²) in [5, 5.41) is 4.16. The van der Waals surface area contributed by atoms with E-state index in [0.29, 0.717) is 11.3 Å². The highest BCUT2D eigenvalue weighted by Gasteiger charge is 2.14. The maximum Gasteiger partial charge on any atom is 0.376 e. The number of methoxy groups -OCH3 is 1. The lowest BCUT2D eigenvalue weighted by molar-refractivity contribution is 0.0587. The molecule has 0 spiro atoms. The second-order valence-electron chi connectivity index (χ2n) is 5.35. The van der Waals surface area contributed by atoms with Crippen LogP contribution in [0.15, 0.2) is 42.5 Å². The van der Waals surface area contributed by atoms with Gasteiger partial charge in [-0.2, -0.15) is 0 Å². The van der Waals surface area contributed by atoms with E-state index in [-0.39, 0.29) is 5.82 Å². The van der Waals surface area contributed by atoms with E-state index in [0.717, 1.165) is 22.2 Å². The highest BCUT2D eigenvalue weighted by Crippen LogP contribution is 2.26. The number of ether oxygens (including phenoxy) is 1. The molecule has 5 heteroatoms. The summed E-state index contributed by atoms with van der Waals surface area (Å²) in [4.78, 5) is 20.4. The molecule has 23 heavy (non-hydrogen) atoms. The van der Waals surface area contributed by atoms with Crippen molar-refractivity contribution in [2.75, 3.05) is 12.4 Å². The van der Waals surface area contributed by atoms with Gasteiger partial charge in [-0.15, -0.1) is 0 Å². The number of nitrogens with one attached hydrogen (secondary N) is 1. The van der Waals surface area contributed by atoms with Gasteiger partial charge in [0.05, 0.1) is 12.6 Å². The lowest BCUT2D eigenvalue weighted by atomic mass is 10.1. The number of carbonyl (C=O) groups excluding carboxylic acids is 1. The van der Waals surface area contributed by atoms with Gasteiger partial charge in [-0.05, 0) is 43.2 Å². The van der Waals surface area contributed by atoms with E-state index in [9.17, 15) is 4.79 Å². The molecule has 3 rings (SSSR count). The summed E-state index contributed by atoms with van der Waals surface area (Å²) < 4.78 is 4.74. The summed E-state index contributed by atoms with van der Waals surface area (Å²) in [6, 6.07) is 13.7. The van der Waals surface area contributed by atoms with E-state index in [4.69, 9.17) is 4.74 Å². The van der Waals surface area contributed by atoms with Crippen LogP contribution < -0.4 is 5.32 Å². The summed E-state index contributed by atoms with van der Waals surface area (Å²) in [7, 11) is 1.32. The molecule has 116 valence electrons. The zero-order valence-corrected chi connectivity index (χ0v) is 13.3. The Balaban J connectivity index is 2.15. The van der Waals surface area contributed by atoms with Gasteiger partial charge in [0.2, 0.25) is 5.82 Å². The van der Waals surface area contributed by atoms with E-state index in [1.165, 1.54) is 7.11 Å². The van der Waals surface area contributed by atoms with E-state index >= 15 is 0 Å². The largest absolute Gasteiger partial charge is 0.463 e. The molecule has 0 saturated carbocycles. The average Bonchev–Trinajstić information content (AvgIpc) is 2.57. The predicted molar refractivity (Wildman–Crippen MR) is 90.1 cm³/mol. The maximum absolute atomic E-state index is 11.8. The molecular formula is C18H17N3O2. The fourth-order valence-electron chi connectivity index (χ4n) is 2.35. The number of benzene rings is 2. The van der Waals surface area contributed by atoms with Crippen molar-refractivity contribution in [2.45, 2.75) is 13.8 Å². The fraction of sp³-hybridized carbons (Fsp3) is 0.167. The molecule has 0 saturated heterocycles. The number of carbonyl (C=O) groups is 1. The molecule has 0 fully saturated rings. The predicted octanol–water partition coefficient (Wildman–Crippen LogP) is 3.78. The smallest absolute Gasteiger partial charge is 0.376 e. The Morgan fingerprint density at radius 3 is 2.65 bits per heavy atom. The molecule has 0 aliphatic heterocycles. The van der Waals surface area contributed by atoms with Crippen LogP contribution in [0.4, 0.5) is 11.5 Å². The Bertz CT molecular complexity index is 891. The Hall–Kier alpha value is -2.95. The van der Waals surface area contributed by atoms with Gasteiger partial charge in [-0.25, -0.2) is 14.8 Å². The van der Waals surface area contributed by atoms with Crippen LogP contribution in [0.1, 0.15) is 21.7 Å². The van der Waals surface area contributed by atoms with Crippen molar-refractivity contribution in [1.82, 2.24) is 9.97 Å². The number of fused-ring (bicyclic) bond motifs is 1. The highest BCUT2D eigenvalue weighted by molar-refractivity contribution is 5.95. The van der Waals surface area contributed by atoms with Gasteiger partial charge in [-0.3, -0.25) is 0 Å². The number of aromatic nitrogens is 2. The van der Waals surface area contributed by atoms with Crippen molar-refractivity contribution >= 4 is 28.4 Å². The van der Waals surface area contributed by atoms with Crippen LogP contribution in [0.3, 0.4) is 0 Å². The normalized spacial score (nSPS) is 10.6. The minimum Gasteiger partial charge on any atom is -0.463 e. The molecule has 0 unspecified atom stereocenters. The first-order valence-corrected chi connectivity index (χ1v) is 7.28. The highest BCUT2D eigenvalue weighted by atomic mass is 16.5. The third kappa shape index (κ3) is 2.99. The number of esters is 1. The quantitative estimate of drug-likeness (QED) is 0.746.